The van der Waals surface area contributed by atoms with E-state index in [0.717, 1.165) is 61.1 Å². The third-order valence-electron chi connectivity index (χ3n) is 7.62. The maximum atomic E-state index is 12.7. The molecule has 4 heteroatoms. The number of benzene rings is 2. The molecule has 0 radical (unpaired) electrons. The van der Waals surface area contributed by atoms with Gasteiger partial charge in [0, 0.05) is 11.6 Å². The predicted molar refractivity (Wildman–Crippen MR) is 200 cm³/mol. The first-order chi connectivity index (χ1) is 22.9. The minimum atomic E-state index is -0.453. The zero-order chi connectivity index (χ0) is 34.0. The molecule has 2 rings (SSSR count). The van der Waals surface area contributed by atoms with Gasteiger partial charge in [0.25, 0.3) is 0 Å². The molecule has 0 amide bonds. The average molecular weight is 637 g/mol. The van der Waals surface area contributed by atoms with Gasteiger partial charge in [-0.1, -0.05) is 163 Å². The monoisotopic (exact) mass is 636 g/mol. The van der Waals surface area contributed by atoms with Crippen LogP contribution in [0.25, 0.3) is 6.08 Å². The minimum absolute atomic E-state index is 0.231. The van der Waals surface area contributed by atoms with E-state index in [4.69, 9.17) is 4.74 Å². The molecule has 252 valence electrons. The van der Waals surface area contributed by atoms with Crippen LogP contribution < -0.4 is 4.74 Å². The lowest BCUT2D eigenvalue weighted by Crippen LogP contribution is -2.07. The molecule has 0 unspecified atom stereocenters. The summed E-state index contributed by atoms with van der Waals surface area (Å²) in [6, 6.07) is 10.8. The van der Waals surface area contributed by atoms with Crippen molar-refractivity contribution in [1.29, 1.82) is 0 Å². The third kappa shape index (κ3) is 19.1. The number of rotatable bonds is 22. The highest BCUT2D eigenvalue weighted by molar-refractivity contribution is 5.84. The number of phenolic OH excluding ortho intramolecular Hbond substituents is 2. The summed E-state index contributed by atoms with van der Waals surface area (Å²) in [5, 5.41) is 20.2. The van der Waals surface area contributed by atoms with Gasteiger partial charge in [0.1, 0.15) is 17.2 Å². The van der Waals surface area contributed by atoms with Crippen LogP contribution in [0.4, 0.5) is 0 Å². The predicted octanol–water partition coefficient (Wildman–Crippen LogP) is 11.7. The standard InChI is InChI=1S/C43H56O4/c1-4-5-20-27-38-34-41(45)40(28-23-18-15-14-16-21-25-36(2)3)42(35-38)47-43(46)29-24-19-13-11-9-7-6-8-10-12-17-22-26-37-30-32-39(44)33-31-37/h6-13,17,19,22,24,26,29-36,44-45H,4-5,14-16,18,20-21,23,25,27-28H2,1-3H3. The highest BCUT2D eigenvalue weighted by Crippen LogP contribution is 2.32. The molecule has 0 heterocycles. The number of esters is 1. The quantitative estimate of drug-likeness (QED) is 0.0444. The van der Waals surface area contributed by atoms with E-state index in [-0.39, 0.29) is 11.5 Å². The van der Waals surface area contributed by atoms with Crippen LogP contribution in [0.15, 0.2) is 115 Å². The van der Waals surface area contributed by atoms with Crippen molar-refractivity contribution in [2.45, 2.75) is 97.8 Å². The van der Waals surface area contributed by atoms with Crippen LogP contribution in [0.1, 0.15) is 102 Å². The normalized spacial score (nSPS) is 12.6. The van der Waals surface area contributed by atoms with Crippen LogP contribution in [0.2, 0.25) is 0 Å². The van der Waals surface area contributed by atoms with Crippen LogP contribution in [-0.4, -0.2) is 16.2 Å². The Balaban J connectivity index is 1.82. The van der Waals surface area contributed by atoms with E-state index in [1.807, 2.05) is 91.1 Å². The lowest BCUT2D eigenvalue weighted by atomic mass is 9.99. The second kappa shape index (κ2) is 24.9. The van der Waals surface area contributed by atoms with Crippen molar-refractivity contribution < 1.29 is 19.7 Å². The van der Waals surface area contributed by atoms with Crippen molar-refractivity contribution in [3.05, 3.63) is 132 Å². The molecular formula is C43H56O4. The number of phenols is 2. The van der Waals surface area contributed by atoms with Gasteiger partial charge >= 0.3 is 5.97 Å². The number of aryl methyl sites for hydroxylation is 1. The van der Waals surface area contributed by atoms with Crippen LogP contribution in [0.3, 0.4) is 0 Å². The molecule has 0 aromatic heterocycles. The number of carbonyl (C=O) groups is 1. The molecule has 0 fully saturated rings. The van der Waals surface area contributed by atoms with E-state index in [0.29, 0.717) is 12.2 Å². The fraction of sp³-hybridized carbons (Fsp3) is 0.372. The Hall–Kier alpha value is -4.31. The van der Waals surface area contributed by atoms with Gasteiger partial charge in [-0.2, -0.15) is 0 Å². The molecule has 0 bridgehead atoms. The Morgan fingerprint density at radius 1 is 0.681 bits per heavy atom. The van der Waals surface area contributed by atoms with E-state index in [1.165, 1.54) is 38.2 Å². The first kappa shape index (κ1) is 38.9. The highest BCUT2D eigenvalue weighted by atomic mass is 16.5. The molecule has 2 aromatic rings. The number of unbranched alkanes of at least 4 members (excludes halogenated alkanes) is 7. The number of allylic oxidation sites excluding steroid dienone is 12. The van der Waals surface area contributed by atoms with Gasteiger partial charge in [-0.3, -0.25) is 0 Å². The lowest BCUT2D eigenvalue weighted by Gasteiger charge is -2.14. The van der Waals surface area contributed by atoms with Gasteiger partial charge in [0.15, 0.2) is 0 Å². The Morgan fingerprint density at radius 3 is 1.85 bits per heavy atom. The van der Waals surface area contributed by atoms with Crippen molar-refractivity contribution in [3.63, 3.8) is 0 Å². The Morgan fingerprint density at radius 2 is 1.23 bits per heavy atom. The summed E-state index contributed by atoms with van der Waals surface area (Å²) in [5.74, 6) is 1.29. The number of ether oxygens (including phenoxy) is 1. The summed E-state index contributed by atoms with van der Waals surface area (Å²) in [4.78, 5) is 12.7. The first-order valence-corrected chi connectivity index (χ1v) is 17.4. The molecule has 4 nitrogen and oxygen atoms in total. The number of hydrogen-bond acceptors (Lipinski definition) is 4. The molecule has 0 aliphatic heterocycles. The molecule has 2 N–H and O–H groups in total. The second-order valence-corrected chi connectivity index (χ2v) is 12.3. The summed E-state index contributed by atoms with van der Waals surface area (Å²) >= 11 is 0. The summed E-state index contributed by atoms with van der Waals surface area (Å²) in [6.07, 6.45) is 39.3. The maximum absolute atomic E-state index is 12.7. The SMILES string of the molecule is CCCCCc1cc(O)c(CCCCCCCCC(C)C)c(OC(=O)C=CC=CC=CC=CC=CC=CC=Cc2ccc(O)cc2)c1. The van der Waals surface area contributed by atoms with Gasteiger partial charge in [0.2, 0.25) is 0 Å². The van der Waals surface area contributed by atoms with Gasteiger partial charge in [-0.05, 0) is 67.0 Å². The van der Waals surface area contributed by atoms with E-state index in [2.05, 4.69) is 20.8 Å². The second-order valence-electron chi connectivity index (χ2n) is 12.3. The molecule has 0 spiro atoms. The molecule has 0 saturated carbocycles. The Labute approximate surface area is 284 Å². The number of aromatic hydroxyl groups is 2. The Kier molecular flexibility index (Phi) is 20.6. The molecule has 0 aliphatic carbocycles. The average Bonchev–Trinajstić information content (AvgIpc) is 3.04. The van der Waals surface area contributed by atoms with Crippen molar-refractivity contribution in [2.75, 3.05) is 0 Å². The zero-order valence-corrected chi connectivity index (χ0v) is 28.8. The van der Waals surface area contributed by atoms with E-state index >= 15 is 0 Å². The van der Waals surface area contributed by atoms with Crippen molar-refractivity contribution >= 4 is 12.0 Å². The third-order valence-corrected chi connectivity index (χ3v) is 7.62. The number of hydrogen-bond donors (Lipinski definition) is 2. The van der Waals surface area contributed by atoms with E-state index in [9.17, 15) is 15.0 Å². The van der Waals surface area contributed by atoms with Gasteiger partial charge in [-0.25, -0.2) is 4.79 Å². The maximum Gasteiger partial charge on any atom is 0.336 e. The van der Waals surface area contributed by atoms with Crippen LogP contribution in [0, 0.1) is 5.92 Å². The zero-order valence-electron chi connectivity index (χ0n) is 28.8. The van der Waals surface area contributed by atoms with Gasteiger partial charge in [0.05, 0.1) is 0 Å². The van der Waals surface area contributed by atoms with Gasteiger partial charge < -0.3 is 14.9 Å². The molecule has 0 atom stereocenters. The van der Waals surface area contributed by atoms with Crippen molar-refractivity contribution in [1.82, 2.24) is 0 Å². The summed E-state index contributed by atoms with van der Waals surface area (Å²) in [7, 11) is 0. The Bertz CT molecular complexity index is 1370. The summed E-state index contributed by atoms with van der Waals surface area (Å²) < 4.78 is 5.76. The molecule has 0 saturated heterocycles. The topological polar surface area (TPSA) is 66.8 Å². The lowest BCUT2D eigenvalue weighted by molar-refractivity contribution is -0.129. The first-order valence-electron chi connectivity index (χ1n) is 17.4. The molecule has 47 heavy (non-hydrogen) atoms. The van der Waals surface area contributed by atoms with Crippen LogP contribution in [-0.2, 0) is 17.6 Å². The summed E-state index contributed by atoms with van der Waals surface area (Å²) in [6.45, 7) is 6.73. The van der Waals surface area contributed by atoms with Crippen LogP contribution >= 0.6 is 0 Å². The van der Waals surface area contributed by atoms with E-state index < -0.39 is 5.97 Å². The largest absolute Gasteiger partial charge is 0.508 e. The fourth-order valence-corrected chi connectivity index (χ4v) is 4.98. The fourth-order valence-electron chi connectivity index (χ4n) is 4.98. The molecule has 2 aromatic carbocycles. The van der Waals surface area contributed by atoms with Crippen molar-refractivity contribution in [2.24, 2.45) is 5.92 Å². The summed E-state index contributed by atoms with van der Waals surface area (Å²) in [5.41, 5.74) is 2.76. The van der Waals surface area contributed by atoms with Gasteiger partial charge in [-0.15, -0.1) is 0 Å². The van der Waals surface area contributed by atoms with Crippen molar-refractivity contribution in [3.8, 4) is 17.2 Å². The number of carbonyl (C=O) groups excluding carboxylic acids is 1. The van der Waals surface area contributed by atoms with E-state index in [1.54, 1.807) is 24.3 Å². The molecule has 0 aliphatic rings. The minimum Gasteiger partial charge on any atom is -0.508 e. The molecular weight excluding hydrogens is 580 g/mol. The van der Waals surface area contributed by atoms with Crippen LogP contribution in [0.5, 0.6) is 17.2 Å². The highest BCUT2D eigenvalue weighted by Gasteiger charge is 2.14. The smallest absolute Gasteiger partial charge is 0.336 e.